The molecule has 3 amide bonds. The van der Waals surface area contributed by atoms with Gasteiger partial charge in [0.1, 0.15) is 0 Å². The molecule has 1 heterocycles. The summed E-state index contributed by atoms with van der Waals surface area (Å²) in [5.41, 5.74) is 2.81. The summed E-state index contributed by atoms with van der Waals surface area (Å²) in [7, 11) is 0. The van der Waals surface area contributed by atoms with Gasteiger partial charge in [-0.25, -0.2) is 0 Å². The van der Waals surface area contributed by atoms with E-state index in [1.165, 1.54) is 0 Å². The van der Waals surface area contributed by atoms with Crippen molar-refractivity contribution in [1.29, 1.82) is 0 Å². The van der Waals surface area contributed by atoms with E-state index in [9.17, 15) is 14.4 Å². The van der Waals surface area contributed by atoms with E-state index >= 15 is 0 Å². The van der Waals surface area contributed by atoms with Gasteiger partial charge in [0.15, 0.2) is 0 Å². The van der Waals surface area contributed by atoms with Crippen LogP contribution in [0.3, 0.4) is 0 Å². The number of benzene rings is 2. The SMILES string of the molecule is CCc1ccccc1N1CC(C(=O)Nc2ccccc2C(=O)NC(C)C)CC1=O. The van der Waals surface area contributed by atoms with E-state index in [0.29, 0.717) is 17.8 Å². The molecule has 0 bridgehead atoms. The van der Waals surface area contributed by atoms with Crippen LogP contribution in [0.5, 0.6) is 0 Å². The van der Waals surface area contributed by atoms with Crippen molar-refractivity contribution in [3.8, 4) is 0 Å². The Morgan fingerprint density at radius 3 is 2.52 bits per heavy atom. The molecule has 0 saturated carbocycles. The third-order valence-electron chi connectivity index (χ3n) is 5.01. The van der Waals surface area contributed by atoms with Gasteiger partial charge in [-0.2, -0.15) is 0 Å². The van der Waals surface area contributed by atoms with Crippen molar-refractivity contribution in [3.63, 3.8) is 0 Å². The maximum absolute atomic E-state index is 12.9. The van der Waals surface area contributed by atoms with Crippen LogP contribution in [0.2, 0.25) is 0 Å². The number of hydrogen-bond donors (Lipinski definition) is 2. The van der Waals surface area contributed by atoms with Crippen LogP contribution in [-0.4, -0.2) is 30.3 Å². The second-order valence-corrected chi connectivity index (χ2v) is 7.55. The van der Waals surface area contributed by atoms with Crippen LogP contribution in [0.15, 0.2) is 48.5 Å². The fourth-order valence-electron chi connectivity index (χ4n) is 3.55. The van der Waals surface area contributed by atoms with Crippen molar-refractivity contribution < 1.29 is 14.4 Å². The Morgan fingerprint density at radius 2 is 1.79 bits per heavy atom. The van der Waals surface area contributed by atoms with Gasteiger partial charge in [0, 0.05) is 24.7 Å². The number of rotatable bonds is 6. The zero-order valence-electron chi connectivity index (χ0n) is 17.1. The number of carbonyl (C=O) groups excluding carboxylic acids is 3. The summed E-state index contributed by atoms with van der Waals surface area (Å²) in [6.07, 6.45) is 0.972. The smallest absolute Gasteiger partial charge is 0.253 e. The van der Waals surface area contributed by atoms with Gasteiger partial charge in [0.25, 0.3) is 5.91 Å². The van der Waals surface area contributed by atoms with Crippen molar-refractivity contribution in [2.24, 2.45) is 5.92 Å². The fourth-order valence-corrected chi connectivity index (χ4v) is 3.55. The van der Waals surface area contributed by atoms with Gasteiger partial charge in [0.2, 0.25) is 11.8 Å². The number of amides is 3. The molecule has 2 aromatic carbocycles. The fraction of sp³-hybridized carbons (Fsp3) is 0.348. The van der Waals surface area contributed by atoms with Crippen molar-refractivity contribution in [3.05, 3.63) is 59.7 Å². The molecule has 0 radical (unpaired) electrons. The second kappa shape index (κ2) is 8.90. The minimum absolute atomic E-state index is 0.00842. The quantitative estimate of drug-likeness (QED) is 0.790. The summed E-state index contributed by atoms with van der Waals surface area (Å²) in [5, 5.41) is 5.69. The van der Waals surface area contributed by atoms with Crippen molar-refractivity contribution >= 4 is 29.1 Å². The number of nitrogens with one attached hydrogen (secondary N) is 2. The molecule has 6 nitrogen and oxygen atoms in total. The first-order chi connectivity index (χ1) is 13.9. The highest BCUT2D eigenvalue weighted by Gasteiger charge is 2.36. The molecule has 1 saturated heterocycles. The number of anilines is 2. The van der Waals surface area contributed by atoms with Crippen LogP contribution in [-0.2, 0) is 16.0 Å². The molecule has 2 aromatic rings. The normalized spacial score (nSPS) is 16.2. The number of nitrogens with zero attached hydrogens (tertiary/aromatic N) is 1. The first kappa shape index (κ1) is 20.6. The average Bonchev–Trinajstić information content (AvgIpc) is 3.09. The molecule has 0 spiro atoms. The maximum Gasteiger partial charge on any atom is 0.253 e. The lowest BCUT2D eigenvalue weighted by molar-refractivity contribution is -0.122. The Kier molecular flexibility index (Phi) is 6.32. The molecule has 2 N–H and O–H groups in total. The van der Waals surface area contributed by atoms with Crippen LogP contribution < -0.4 is 15.5 Å². The molecule has 29 heavy (non-hydrogen) atoms. The van der Waals surface area contributed by atoms with Gasteiger partial charge in [-0.1, -0.05) is 37.3 Å². The van der Waals surface area contributed by atoms with Gasteiger partial charge >= 0.3 is 0 Å². The monoisotopic (exact) mass is 393 g/mol. The summed E-state index contributed by atoms with van der Waals surface area (Å²) >= 11 is 0. The minimum atomic E-state index is -0.464. The molecule has 6 heteroatoms. The van der Waals surface area contributed by atoms with E-state index in [4.69, 9.17) is 0 Å². The standard InChI is InChI=1S/C23H27N3O3/c1-4-16-9-5-8-12-20(16)26-14-17(13-21(26)27)22(28)25-19-11-7-6-10-18(19)23(29)24-15(2)3/h5-12,15,17H,4,13-14H2,1-3H3,(H,24,29)(H,25,28). The minimum Gasteiger partial charge on any atom is -0.350 e. The summed E-state index contributed by atoms with van der Waals surface area (Å²) in [4.78, 5) is 39.6. The molecule has 1 unspecified atom stereocenters. The van der Waals surface area contributed by atoms with E-state index in [2.05, 4.69) is 10.6 Å². The summed E-state index contributed by atoms with van der Waals surface area (Å²) in [6.45, 7) is 6.14. The number of carbonyl (C=O) groups is 3. The Balaban J connectivity index is 1.75. The number of aryl methyl sites for hydroxylation is 1. The number of hydrogen-bond acceptors (Lipinski definition) is 3. The van der Waals surface area contributed by atoms with E-state index in [1.54, 1.807) is 29.2 Å². The van der Waals surface area contributed by atoms with Gasteiger partial charge in [-0.15, -0.1) is 0 Å². The van der Waals surface area contributed by atoms with Crippen LogP contribution in [0, 0.1) is 5.92 Å². The largest absolute Gasteiger partial charge is 0.350 e. The summed E-state index contributed by atoms with van der Waals surface area (Å²) in [5.74, 6) is -1.01. The van der Waals surface area contributed by atoms with Crippen molar-refractivity contribution in [2.75, 3.05) is 16.8 Å². The predicted molar refractivity (Wildman–Crippen MR) is 114 cm³/mol. The first-order valence-electron chi connectivity index (χ1n) is 9.99. The topological polar surface area (TPSA) is 78.5 Å². The second-order valence-electron chi connectivity index (χ2n) is 7.55. The maximum atomic E-state index is 12.9. The Labute approximate surface area is 171 Å². The van der Waals surface area contributed by atoms with Crippen molar-refractivity contribution in [1.82, 2.24) is 5.32 Å². The third-order valence-corrected chi connectivity index (χ3v) is 5.01. The zero-order chi connectivity index (χ0) is 21.0. The van der Waals surface area contributed by atoms with Gasteiger partial charge < -0.3 is 15.5 Å². The average molecular weight is 393 g/mol. The molecular weight excluding hydrogens is 366 g/mol. The Hall–Kier alpha value is -3.15. The highest BCUT2D eigenvalue weighted by Crippen LogP contribution is 2.29. The summed E-state index contributed by atoms with van der Waals surface area (Å²) in [6, 6.07) is 14.7. The van der Waals surface area contributed by atoms with Gasteiger partial charge in [-0.3, -0.25) is 14.4 Å². The predicted octanol–water partition coefficient (Wildman–Crippen LogP) is 3.38. The molecule has 0 aromatic heterocycles. The molecular formula is C23H27N3O3. The lowest BCUT2D eigenvalue weighted by Crippen LogP contribution is -2.32. The van der Waals surface area contributed by atoms with E-state index in [1.807, 2.05) is 45.0 Å². The lowest BCUT2D eigenvalue weighted by atomic mass is 10.1. The Bertz CT molecular complexity index is 923. The molecule has 1 aliphatic heterocycles. The lowest BCUT2D eigenvalue weighted by Gasteiger charge is -2.20. The van der Waals surface area contributed by atoms with Crippen molar-refractivity contribution in [2.45, 2.75) is 39.7 Å². The molecule has 3 rings (SSSR count). The Morgan fingerprint density at radius 1 is 1.10 bits per heavy atom. The molecule has 152 valence electrons. The summed E-state index contributed by atoms with van der Waals surface area (Å²) < 4.78 is 0. The van der Waals surface area contributed by atoms with Crippen LogP contribution >= 0.6 is 0 Å². The van der Waals surface area contributed by atoms with Crippen LogP contribution in [0.1, 0.15) is 43.1 Å². The first-order valence-corrected chi connectivity index (χ1v) is 9.99. The highest BCUT2D eigenvalue weighted by molar-refractivity contribution is 6.07. The molecule has 1 aliphatic rings. The van der Waals surface area contributed by atoms with E-state index in [-0.39, 0.29) is 30.2 Å². The van der Waals surface area contributed by atoms with Crippen LogP contribution in [0.4, 0.5) is 11.4 Å². The van der Waals surface area contributed by atoms with E-state index in [0.717, 1.165) is 17.7 Å². The van der Waals surface area contributed by atoms with Gasteiger partial charge in [-0.05, 0) is 44.0 Å². The zero-order valence-corrected chi connectivity index (χ0v) is 17.1. The molecule has 1 fully saturated rings. The van der Waals surface area contributed by atoms with Crippen LogP contribution in [0.25, 0.3) is 0 Å². The molecule has 0 aliphatic carbocycles. The highest BCUT2D eigenvalue weighted by atomic mass is 16.2. The number of para-hydroxylation sites is 2. The van der Waals surface area contributed by atoms with Gasteiger partial charge in [0.05, 0.1) is 17.2 Å². The third kappa shape index (κ3) is 4.65. The molecule has 1 atom stereocenters. The van der Waals surface area contributed by atoms with E-state index < -0.39 is 5.92 Å².